The van der Waals surface area contributed by atoms with Gasteiger partial charge in [-0.15, -0.1) is 0 Å². The van der Waals surface area contributed by atoms with E-state index < -0.39 is 21.7 Å². The topological polar surface area (TPSA) is 97.6 Å². The number of para-hydroxylation sites is 1. The molecule has 0 saturated heterocycles. The summed E-state index contributed by atoms with van der Waals surface area (Å²) in [6.45, 7) is 3.81. The predicted octanol–water partition coefficient (Wildman–Crippen LogP) is 4.75. The minimum absolute atomic E-state index is 0.0185. The molecule has 0 aliphatic heterocycles. The number of sulfonamides is 1. The highest BCUT2D eigenvalue weighted by Crippen LogP contribution is 2.30. The number of nitrogens with one attached hydrogen (secondary N) is 2. The van der Waals surface area contributed by atoms with Gasteiger partial charge in [0.15, 0.2) is 0 Å². The van der Waals surface area contributed by atoms with Gasteiger partial charge in [0.1, 0.15) is 22.7 Å². The van der Waals surface area contributed by atoms with Crippen molar-refractivity contribution in [3.05, 3.63) is 66.7 Å². The van der Waals surface area contributed by atoms with Gasteiger partial charge < -0.3 is 14.5 Å². The van der Waals surface area contributed by atoms with Crippen LogP contribution < -0.4 is 14.8 Å². The SMILES string of the molecule is CC(C)Oc1ccc(NS(=O)(=O)CC(=O)Nc2ccc3c(c2)oc2ccccc23)cc1. The highest BCUT2D eigenvalue weighted by molar-refractivity contribution is 7.93. The molecule has 7 nitrogen and oxygen atoms in total. The molecular formula is C23H22N2O5S. The van der Waals surface area contributed by atoms with Crippen LogP contribution >= 0.6 is 0 Å². The van der Waals surface area contributed by atoms with E-state index in [0.29, 0.717) is 22.7 Å². The van der Waals surface area contributed by atoms with Gasteiger partial charge in [-0.05, 0) is 56.3 Å². The van der Waals surface area contributed by atoms with Crippen molar-refractivity contribution in [2.75, 3.05) is 15.8 Å². The molecule has 8 heteroatoms. The van der Waals surface area contributed by atoms with Crippen molar-refractivity contribution < 1.29 is 22.4 Å². The molecule has 0 aliphatic rings. The number of furan rings is 1. The van der Waals surface area contributed by atoms with Gasteiger partial charge in [-0.1, -0.05) is 18.2 Å². The van der Waals surface area contributed by atoms with Crippen molar-refractivity contribution in [3.8, 4) is 5.75 Å². The Morgan fingerprint density at radius 1 is 0.935 bits per heavy atom. The third-order valence-electron chi connectivity index (χ3n) is 4.48. The van der Waals surface area contributed by atoms with Crippen LogP contribution in [0.4, 0.5) is 11.4 Å². The number of anilines is 2. The number of fused-ring (bicyclic) bond motifs is 3. The molecule has 1 aromatic heterocycles. The highest BCUT2D eigenvalue weighted by atomic mass is 32.2. The van der Waals surface area contributed by atoms with Crippen molar-refractivity contribution in [1.29, 1.82) is 0 Å². The molecule has 160 valence electrons. The summed E-state index contributed by atoms with van der Waals surface area (Å²) in [4.78, 5) is 12.3. The first-order chi connectivity index (χ1) is 14.8. The number of carbonyl (C=O) groups is 1. The number of ether oxygens (including phenoxy) is 1. The molecule has 0 fully saturated rings. The minimum atomic E-state index is -3.88. The standard InChI is InChI=1S/C23H22N2O5S/c1-15(2)29-18-10-7-16(8-11-18)25-31(27,28)14-23(26)24-17-9-12-20-19-5-3-4-6-21(19)30-22(20)13-17/h3-13,15,25H,14H2,1-2H3,(H,24,26). The summed E-state index contributed by atoms with van der Waals surface area (Å²) in [6, 6.07) is 19.4. The molecule has 0 unspecified atom stereocenters. The van der Waals surface area contributed by atoms with E-state index in [1.54, 1.807) is 36.4 Å². The third-order valence-corrected chi connectivity index (χ3v) is 5.67. The van der Waals surface area contributed by atoms with E-state index in [0.717, 1.165) is 16.4 Å². The van der Waals surface area contributed by atoms with Crippen LogP contribution in [0.25, 0.3) is 21.9 Å². The van der Waals surface area contributed by atoms with Gasteiger partial charge in [0.05, 0.1) is 6.10 Å². The van der Waals surface area contributed by atoms with E-state index in [-0.39, 0.29) is 6.10 Å². The van der Waals surface area contributed by atoms with Crippen LogP contribution in [0.1, 0.15) is 13.8 Å². The fraction of sp³-hybridized carbons (Fsp3) is 0.174. The van der Waals surface area contributed by atoms with E-state index in [9.17, 15) is 13.2 Å². The number of rotatable bonds is 7. The van der Waals surface area contributed by atoms with Crippen molar-refractivity contribution in [2.45, 2.75) is 20.0 Å². The predicted molar refractivity (Wildman–Crippen MR) is 122 cm³/mol. The monoisotopic (exact) mass is 438 g/mol. The van der Waals surface area contributed by atoms with E-state index >= 15 is 0 Å². The van der Waals surface area contributed by atoms with Crippen LogP contribution in [0.2, 0.25) is 0 Å². The number of amides is 1. The molecule has 0 saturated carbocycles. The van der Waals surface area contributed by atoms with Crippen LogP contribution in [0, 0.1) is 0 Å². The van der Waals surface area contributed by atoms with Gasteiger partial charge in [0.2, 0.25) is 15.9 Å². The fourth-order valence-electron chi connectivity index (χ4n) is 3.26. The Labute approximate surface area is 180 Å². The molecule has 0 spiro atoms. The van der Waals surface area contributed by atoms with Gasteiger partial charge in [0.25, 0.3) is 0 Å². The summed E-state index contributed by atoms with van der Waals surface area (Å²) in [5, 5.41) is 4.52. The molecule has 0 bridgehead atoms. The lowest BCUT2D eigenvalue weighted by Gasteiger charge is -2.11. The minimum Gasteiger partial charge on any atom is -0.491 e. The van der Waals surface area contributed by atoms with Crippen LogP contribution in [0.5, 0.6) is 5.75 Å². The number of benzene rings is 3. The van der Waals surface area contributed by atoms with Crippen LogP contribution in [-0.4, -0.2) is 26.2 Å². The van der Waals surface area contributed by atoms with E-state index in [4.69, 9.17) is 9.15 Å². The third kappa shape index (κ3) is 4.97. The lowest BCUT2D eigenvalue weighted by atomic mass is 10.1. The molecule has 31 heavy (non-hydrogen) atoms. The Morgan fingerprint density at radius 2 is 1.61 bits per heavy atom. The first-order valence-electron chi connectivity index (χ1n) is 9.77. The van der Waals surface area contributed by atoms with Crippen molar-refractivity contribution in [2.24, 2.45) is 0 Å². The summed E-state index contributed by atoms with van der Waals surface area (Å²) in [6.07, 6.45) is 0.0185. The Balaban J connectivity index is 1.42. The van der Waals surface area contributed by atoms with Crippen LogP contribution in [-0.2, 0) is 14.8 Å². The molecular weight excluding hydrogens is 416 g/mol. The Bertz CT molecular complexity index is 1340. The Kier molecular flexibility index (Phi) is 5.56. The summed E-state index contributed by atoms with van der Waals surface area (Å²) < 4.78 is 38.5. The summed E-state index contributed by atoms with van der Waals surface area (Å²) in [5.74, 6) is -0.727. The quantitative estimate of drug-likeness (QED) is 0.434. The van der Waals surface area contributed by atoms with Crippen molar-refractivity contribution >= 4 is 49.2 Å². The second-order valence-electron chi connectivity index (χ2n) is 7.41. The molecule has 3 aromatic carbocycles. The van der Waals surface area contributed by atoms with Gasteiger partial charge in [-0.2, -0.15) is 0 Å². The number of hydrogen-bond acceptors (Lipinski definition) is 5. The maximum absolute atomic E-state index is 12.4. The molecule has 0 atom stereocenters. The Morgan fingerprint density at radius 3 is 2.35 bits per heavy atom. The van der Waals surface area contributed by atoms with Crippen molar-refractivity contribution in [3.63, 3.8) is 0 Å². The molecule has 1 amide bonds. The van der Waals surface area contributed by atoms with Crippen LogP contribution in [0.3, 0.4) is 0 Å². The molecule has 2 N–H and O–H groups in total. The number of hydrogen-bond donors (Lipinski definition) is 2. The first-order valence-corrected chi connectivity index (χ1v) is 11.4. The first kappa shape index (κ1) is 20.7. The summed E-state index contributed by atoms with van der Waals surface area (Å²) in [7, 11) is -3.88. The van der Waals surface area contributed by atoms with E-state index in [2.05, 4.69) is 10.0 Å². The Hall–Kier alpha value is -3.52. The number of carbonyl (C=O) groups excluding carboxylic acids is 1. The van der Waals surface area contributed by atoms with Gasteiger partial charge in [-0.25, -0.2) is 8.42 Å². The smallest absolute Gasteiger partial charge is 0.241 e. The van der Waals surface area contributed by atoms with E-state index in [1.165, 1.54) is 0 Å². The normalized spacial score (nSPS) is 11.7. The maximum atomic E-state index is 12.4. The summed E-state index contributed by atoms with van der Waals surface area (Å²) >= 11 is 0. The zero-order valence-electron chi connectivity index (χ0n) is 17.1. The second kappa shape index (κ2) is 8.31. The molecule has 4 aromatic rings. The average Bonchev–Trinajstić information content (AvgIpc) is 3.06. The molecule has 1 heterocycles. The zero-order valence-corrected chi connectivity index (χ0v) is 17.9. The summed E-state index contributed by atoms with van der Waals surface area (Å²) in [5.41, 5.74) is 2.18. The highest BCUT2D eigenvalue weighted by Gasteiger charge is 2.17. The molecule has 0 aliphatic carbocycles. The van der Waals surface area contributed by atoms with Gasteiger partial charge in [-0.3, -0.25) is 9.52 Å². The van der Waals surface area contributed by atoms with Gasteiger partial charge in [0, 0.05) is 28.2 Å². The average molecular weight is 439 g/mol. The van der Waals surface area contributed by atoms with Crippen molar-refractivity contribution in [1.82, 2.24) is 0 Å². The second-order valence-corrected chi connectivity index (χ2v) is 9.13. The fourth-order valence-corrected chi connectivity index (χ4v) is 4.25. The molecule has 4 rings (SSSR count). The molecule has 0 radical (unpaired) electrons. The van der Waals surface area contributed by atoms with E-state index in [1.807, 2.05) is 44.2 Å². The largest absolute Gasteiger partial charge is 0.491 e. The zero-order chi connectivity index (χ0) is 22.0. The van der Waals surface area contributed by atoms with Gasteiger partial charge >= 0.3 is 0 Å². The maximum Gasteiger partial charge on any atom is 0.241 e. The lowest BCUT2D eigenvalue weighted by molar-refractivity contribution is -0.113. The lowest BCUT2D eigenvalue weighted by Crippen LogP contribution is -2.27. The van der Waals surface area contributed by atoms with Crippen LogP contribution in [0.15, 0.2) is 71.1 Å².